The van der Waals surface area contributed by atoms with Gasteiger partial charge in [-0.3, -0.25) is 4.79 Å². The van der Waals surface area contributed by atoms with Gasteiger partial charge >= 0.3 is 0 Å². The molecule has 0 radical (unpaired) electrons. The second-order valence-electron chi connectivity index (χ2n) is 4.28. The van der Waals surface area contributed by atoms with Gasteiger partial charge in [0, 0.05) is 5.56 Å². The Hall–Kier alpha value is -2.07. The summed E-state index contributed by atoms with van der Waals surface area (Å²) < 4.78 is 24.5. The van der Waals surface area contributed by atoms with Crippen LogP contribution in [-0.2, 0) is 0 Å². The number of fused-ring (bicyclic) bond motifs is 1. The number of benzene rings is 2. The van der Waals surface area contributed by atoms with Gasteiger partial charge < -0.3 is 9.47 Å². The van der Waals surface area contributed by atoms with Crippen LogP contribution in [0.25, 0.3) is 0 Å². The van der Waals surface area contributed by atoms with Crippen LogP contribution in [0.4, 0.5) is 4.39 Å². The molecule has 20 heavy (non-hydrogen) atoms. The first-order valence-corrected chi connectivity index (χ1v) is 6.43. The highest BCUT2D eigenvalue weighted by Gasteiger charge is 2.20. The van der Waals surface area contributed by atoms with Gasteiger partial charge in [0.05, 0.1) is 10.6 Å². The van der Waals surface area contributed by atoms with Crippen LogP contribution in [0, 0.1) is 5.82 Å². The smallest absolute Gasteiger partial charge is 0.197 e. The van der Waals surface area contributed by atoms with Crippen molar-refractivity contribution in [3.63, 3.8) is 0 Å². The average Bonchev–Trinajstić information content (AvgIpc) is 2.46. The Labute approximate surface area is 119 Å². The average molecular weight is 293 g/mol. The van der Waals surface area contributed by atoms with E-state index in [9.17, 15) is 9.18 Å². The molecular formula is C15H10ClFO3. The summed E-state index contributed by atoms with van der Waals surface area (Å²) in [6.45, 7) is 0.893. The molecule has 0 bridgehead atoms. The van der Waals surface area contributed by atoms with E-state index in [1.54, 1.807) is 18.2 Å². The number of hydrogen-bond donors (Lipinski definition) is 0. The molecule has 0 spiro atoms. The predicted octanol–water partition coefficient (Wildman–Crippen LogP) is 3.48. The van der Waals surface area contributed by atoms with Crippen LogP contribution < -0.4 is 9.47 Å². The van der Waals surface area contributed by atoms with Crippen LogP contribution in [0.1, 0.15) is 15.9 Å². The minimum absolute atomic E-state index is 0.0879. The zero-order valence-corrected chi connectivity index (χ0v) is 11.1. The Kier molecular flexibility index (Phi) is 3.32. The molecule has 0 N–H and O–H groups in total. The van der Waals surface area contributed by atoms with Gasteiger partial charge in [0.25, 0.3) is 0 Å². The Morgan fingerprint density at radius 3 is 2.60 bits per heavy atom. The highest BCUT2D eigenvalue weighted by Crippen LogP contribution is 2.32. The van der Waals surface area contributed by atoms with Crippen molar-refractivity contribution in [2.45, 2.75) is 0 Å². The second-order valence-corrected chi connectivity index (χ2v) is 4.69. The minimum atomic E-state index is -0.641. The van der Waals surface area contributed by atoms with Gasteiger partial charge in [-0.2, -0.15) is 0 Å². The Balaban J connectivity index is 2.03. The third-order valence-electron chi connectivity index (χ3n) is 2.99. The molecule has 2 aromatic rings. The lowest BCUT2D eigenvalue weighted by atomic mass is 10.0. The highest BCUT2D eigenvalue weighted by atomic mass is 35.5. The molecule has 0 saturated heterocycles. The fraction of sp³-hybridized carbons (Fsp3) is 0.133. The summed E-state index contributed by atoms with van der Waals surface area (Å²) in [5.74, 6) is -0.0653. The summed E-state index contributed by atoms with van der Waals surface area (Å²) in [5, 5.41) is 0.0879. The molecule has 3 rings (SSSR count). The maximum absolute atomic E-state index is 13.8. The minimum Gasteiger partial charge on any atom is -0.486 e. The predicted molar refractivity (Wildman–Crippen MR) is 72.3 cm³/mol. The van der Waals surface area contributed by atoms with E-state index in [0.717, 1.165) is 0 Å². The van der Waals surface area contributed by atoms with Crippen molar-refractivity contribution in [2.24, 2.45) is 0 Å². The van der Waals surface area contributed by atoms with E-state index in [1.165, 1.54) is 18.2 Å². The van der Waals surface area contributed by atoms with Crippen LogP contribution in [0.5, 0.6) is 11.5 Å². The number of rotatable bonds is 2. The second kappa shape index (κ2) is 5.13. The van der Waals surface area contributed by atoms with Crippen molar-refractivity contribution in [3.8, 4) is 11.5 Å². The number of ketones is 1. The van der Waals surface area contributed by atoms with Gasteiger partial charge in [-0.1, -0.05) is 17.7 Å². The molecule has 1 aliphatic rings. The molecule has 0 atom stereocenters. The largest absolute Gasteiger partial charge is 0.486 e. The molecule has 0 unspecified atom stereocenters. The van der Waals surface area contributed by atoms with Crippen LogP contribution in [-0.4, -0.2) is 19.0 Å². The van der Waals surface area contributed by atoms with E-state index in [-0.39, 0.29) is 10.6 Å². The molecule has 0 aliphatic carbocycles. The number of ether oxygens (including phenoxy) is 2. The van der Waals surface area contributed by atoms with Gasteiger partial charge in [-0.25, -0.2) is 4.39 Å². The summed E-state index contributed by atoms with van der Waals surface area (Å²) in [4.78, 5) is 12.4. The third-order valence-corrected chi connectivity index (χ3v) is 3.31. The number of carbonyl (C=O) groups excluding carboxylic acids is 1. The maximum Gasteiger partial charge on any atom is 0.197 e. The van der Waals surface area contributed by atoms with Crippen molar-refractivity contribution in [3.05, 3.63) is 58.4 Å². The molecule has 0 fully saturated rings. The summed E-state index contributed by atoms with van der Waals surface area (Å²) in [6.07, 6.45) is 0. The zero-order chi connectivity index (χ0) is 14.1. The SMILES string of the molecule is O=C(c1ccc2c(c1)OCCO2)c1c(F)cccc1Cl. The molecule has 102 valence electrons. The molecular weight excluding hydrogens is 283 g/mol. The molecule has 1 heterocycles. The van der Waals surface area contributed by atoms with E-state index >= 15 is 0 Å². The lowest BCUT2D eigenvalue weighted by molar-refractivity contribution is 0.103. The van der Waals surface area contributed by atoms with Crippen molar-refractivity contribution in [2.75, 3.05) is 13.2 Å². The zero-order valence-electron chi connectivity index (χ0n) is 10.4. The van der Waals surface area contributed by atoms with Gasteiger partial charge in [0.15, 0.2) is 17.3 Å². The lowest BCUT2D eigenvalue weighted by Gasteiger charge is -2.18. The van der Waals surface area contributed by atoms with Crippen molar-refractivity contribution in [1.29, 1.82) is 0 Å². The quantitative estimate of drug-likeness (QED) is 0.795. The lowest BCUT2D eigenvalue weighted by Crippen LogP contribution is -2.16. The third kappa shape index (κ3) is 2.23. The van der Waals surface area contributed by atoms with Crippen molar-refractivity contribution < 1.29 is 18.7 Å². The topological polar surface area (TPSA) is 35.5 Å². The van der Waals surface area contributed by atoms with Gasteiger partial charge in [0.2, 0.25) is 0 Å². The molecule has 5 heteroatoms. The Bertz CT molecular complexity index is 665. The van der Waals surface area contributed by atoms with Crippen molar-refractivity contribution >= 4 is 17.4 Å². The molecule has 0 aromatic heterocycles. The molecule has 1 aliphatic heterocycles. The number of hydrogen-bond acceptors (Lipinski definition) is 3. The first-order valence-electron chi connectivity index (χ1n) is 6.05. The van der Waals surface area contributed by atoms with E-state index < -0.39 is 11.6 Å². The summed E-state index contributed by atoms with van der Waals surface area (Å²) >= 11 is 5.90. The standard InChI is InChI=1S/C15H10ClFO3/c16-10-2-1-3-11(17)14(10)15(18)9-4-5-12-13(8-9)20-7-6-19-12/h1-5,8H,6-7H2. The Morgan fingerprint density at radius 1 is 1.10 bits per heavy atom. The first kappa shape index (κ1) is 12.9. The van der Waals surface area contributed by atoms with E-state index in [0.29, 0.717) is 30.3 Å². The fourth-order valence-electron chi connectivity index (χ4n) is 2.04. The number of halogens is 2. The molecule has 0 amide bonds. The monoisotopic (exact) mass is 292 g/mol. The molecule has 3 nitrogen and oxygen atoms in total. The summed E-state index contributed by atoms with van der Waals surface area (Å²) in [7, 11) is 0. The van der Waals surface area contributed by atoms with Crippen LogP contribution >= 0.6 is 11.6 Å². The summed E-state index contributed by atoms with van der Waals surface area (Å²) in [6, 6.07) is 8.89. The van der Waals surface area contributed by atoms with Gasteiger partial charge in [-0.05, 0) is 30.3 Å². The summed E-state index contributed by atoms with van der Waals surface area (Å²) in [5.41, 5.74) is 0.173. The van der Waals surface area contributed by atoms with E-state index in [1.807, 2.05) is 0 Å². The normalized spacial score (nSPS) is 13.1. The first-order chi connectivity index (χ1) is 9.66. The highest BCUT2D eigenvalue weighted by molar-refractivity contribution is 6.35. The van der Waals surface area contributed by atoms with Crippen LogP contribution in [0.15, 0.2) is 36.4 Å². The van der Waals surface area contributed by atoms with Crippen LogP contribution in [0.3, 0.4) is 0 Å². The van der Waals surface area contributed by atoms with E-state index in [2.05, 4.69) is 0 Å². The Morgan fingerprint density at radius 2 is 1.85 bits per heavy atom. The number of carbonyl (C=O) groups is 1. The van der Waals surface area contributed by atoms with E-state index in [4.69, 9.17) is 21.1 Å². The van der Waals surface area contributed by atoms with Crippen molar-refractivity contribution in [1.82, 2.24) is 0 Å². The molecule has 0 saturated carbocycles. The van der Waals surface area contributed by atoms with Gasteiger partial charge in [-0.15, -0.1) is 0 Å². The molecule has 2 aromatic carbocycles. The van der Waals surface area contributed by atoms with Crippen LogP contribution in [0.2, 0.25) is 5.02 Å². The fourth-order valence-corrected chi connectivity index (χ4v) is 2.29. The maximum atomic E-state index is 13.8. The van der Waals surface area contributed by atoms with Gasteiger partial charge in [0.1, 0.15) is 19.0 Å².